The van der Waals surface area contributed by atoms with Gasteiger partial charge in [0.05, 0.1) is 12.6 Å². The number of rotatable bonds is 7. The summed E-state index contributed by atoms with van der Waals surface area (Å²) in [4.78, 5) is 13.9. The Hall–Kier alpha value is -2.04. The van der Waals surface area contributed by atoms with Crippen LogP contribution in [0.2, 0.25) is 5.02 Å². The molecule has 0 unspecified atom stereocenters. The van der Waals surface area contributed by atoms with Gasteiger partial charge in [0.2, 0.25) is 5.91 Å². The van der Waals surface area contributed by atoms with Crippen molar-refractivity contribution >= 4 is 17.5 Å². The highest BCUT2D eigenvalue weighted by atomic mass is 35.5. The maximum atomic E-state index is 12.3. The van der Waals surface area contributed by atoms with Crippen LogP contribution in [0.5, 0.6) is 5.75 Å². The molecule has 4 nitrogen and oxygen atoms in total. The average Bonchev–Trinajstić information content (AvgIpc) is 2.56. The highest BCUT2D eigenvalue weighted by Crippen LogP contribution is 2.15. The van der Waals surface area contributed by atoms with Crippen LogP contribution in [-0.2, 0) is 11.2 Å². The van der Waals surface area contributed by atoms with Crippen molar-refractivity contribution in [1.29, 1.82) is 0 Å². The monoisotopic (exact) mass is 332 g/mol. The first kappa shape index (κ1) is 17.3. The molecule has 0 heterocycles. The van der Waals surface area contributed by atoms with Gasteiger partial charge in [-0.15, -0.1) is 0 Å². The summed E-state index contributed by atoms with van der Waals surface area (Å²) in [6.07, 6.45) is 0.530. The molecule has 1 amide bonds. The fraction of sp³-hybridized carbons (Fsp3) is 0.278. The molecule has 0 aliphatic rings. The number of nitrogens with two attached hydrogens (primary N) is 1. The van der Waals surface area contributed by atoms with E-state index in [2.05, 4.69) is 0 Å². The second-order valence-corrected chi connectivity index (χ2v) is 5.79. The van der Waals surface area contributed by atoms with Gasteiger partial charge in [-0.1, -0.05) is 41.9 Å². The molecular weight excluding hydrogens is 312 g/mol. The highest BCUT2D eigenvalue weighted by molar-refractivity contribution is 6.30. The summed E-state index contributed by atoms with van der Waals surface area (Å²) in [5.74, 6) is 0.636. The number of carbonyl (C=O) groups excluding carboxylic acids is 1. The summed E-state index contributed by atoms with van der Waals surface area (Å²) in [7, 11) is 1.73. The molecule has 0 spiro atoms. The third-order valence-electron chi connectivity index (χ3n) is 3.50. The molecule has 2 aromatic rings. The van der Waals surface area contributed by atoms with Gasteiger partial charge in [-0.3, -0.25) is 4.79 Å². The highest BCUT2D eigenvalue weighted by Gasteiger charge is 2.18. The SMILES string of the molecule is CN(CCOc1ccc(Cl)cc1)C(=O)[C@@H](N)Cc1ccccc1. The van der Waals surface area contributed by atoms with Crippen LogP contribution in [0.15, 0.2) is 54.6 Å². The van der Waals surface area contributed by atoms with Gasteiger partial charge in [-0.25, -0.2) is 0 Å². The molecule has 2 rings (SSSR count). The zero-order valence-electron chi connectivity index (χ0n) is 13.1. The predicted octanol–water partition coefficient (Wildman–Crippen LogP) is 2.75. The van der Waals surface area contributed by atoms with E-state index in [-0.39, 0.29) is 5.91 Å². The van der Waals surface area contributed by atoms with Crippen LogP contribution >= 0.6 is 11.6 Å². The lowest BCUT2D eigenvalue weighted by molar-refractivity contribution is -0.131. The molecule has 122 valence electrons. The van der Waals surface area contributed by atoms with Crippen LogP contribution < -0.4 is 10.5 Å². The zero-order valence-corrected chi connectivity index (χ0v) is 13.9. The second kappa shape index (κ2) is 8.56. The Bertz CT molecular complexity index is 617. The number of amides is 1. The summed E-state index contributed by atoms with van der Waals surface area (Å²) in [6, 6.07) is 16.3. The van der Waals surface area contributed by atoms with Crippen molar-refractivity contribution < 1.29 is 9.53 Å². The molecule has 23 heavy (non-hydrogen) atoms. The van der Waals surface area contributed by atoms with E-state index in [1.807, 2.05) is 30.3 Å². The van der Waals surface area contributed by atoms with E-state index < -0.39 is 6.04 Å². The number of hydrogen-bond acceptors (Lipinski definition) is 3. The van der Waals surface area contributed by atoms with E-state index in [1.54, 1.807) is 36.2 Å². The van der Waals surface area contributed by atoms with Crippen LogP contribution in [0, 0.1) is 0 Å². The van der Waals surface area contributed by atoms with E-state index in [1.165, 1.54) is 0 Å². The largest absolute Gasteiger partial charge is 0.492 e. The Morgan fingerprint density at radius 3 is 2.48 bits per heavy atom. The van der Waals surface area contributed by atoms with Gasteiger partial charge in [0, 0.05) is 12.1 Å². The van der Waals surface area contributed by atoms with Gasteiger partial charge in [-0.05, 0) is 36.2 Å². The molecule has 2 aromatic carbocycles. The topological polar surface area (TPSA) is 55.6 Å². The number of likely N-dealkylation sites (N-methyl/N-ethyl adjacent to an activating group) is 1. The standard InChI is InChI=1S/C18H21ClN2O2/c1-21(11-12-23-16-9-7-15(19)8-10-16)18(22)17(20)13-14-5-3-2-4-6-14/h2-10,17H,11-13,20H2,1H3/t17-/m0/s1. The Balaban J connectivity index is 1.76. The first-order chi connectivity index (χ1) is 11.1. The minimum absolute atomic E-state index is 0.0893. The lowest BCUT2D eigenvalue weighted by Gasteiger charge is -2.21. The van der Waals surface area contributed by atoms with Crippen molar-refractivity contribution in [3.05, 3.63) is 65.2 Å². The number of halogens is 1. The van der Waals surface area contributed by atoms with Gasteiger partial charge in [-0.2, -0.15) is 0 Å². The number of carbonyl (C=O) groups is 1. The molecule has 1 atom stereocenters. The Morgan fingerprint density at radius 2 is 1.83 bits per heavy atom. The number of benzene rings is 2. The van der Waals surface area contributed by atoms with Gasteiger partial charge in [0.25, 0.3) is 0 Å². The van der Waals surface area contributed by atoms with Crippen LogP contribution in [-0.4, -0.2) is 37.0 Å². The Kier molecular flexibility index (Phi) is 6.44. The summed E-state index contributed by atoms with van der Waals surface area (Å²) < 4.78 is 5.59. The summed E-state index contributed by atoms with van der Waals surface area (Å²) >= 11 is 5.82. The molecular formula is C18H21ClN2O2. The van der Waals surface area contributed by atoms with Crippen LogP contribution in [0.1, 0.15) is 5.56 Å². The van der Waals surface area contributed by atoms with Gasteiger partial charge >= 0.3 is 0 Å². The Morgan fingerprint density at radius 1 is 1.17 bits per heavy atom. The van der Waals surface area contributed by atoms with E-state index in [9.17, 15) is 4.79 Å². The maximum Gasteiger partial charge on any atom is 0.239 e. The van der Waals surface area contributed by atoms with Crippen LogP contribution in [0.3, 0.4) is 0 Å². The van der Waals surface area contributed by atoms with E-state index in [0.29, 0.717) is 24.6 Å². The fourth-order valence-electron chi connectivity index (χ4n) is 2.18. The van der Waals surface area contributed by atoms with Crippen molar-refractivity contribution in [2.45, 2.75) is 12.5 Å². The van der Waals surface area contributed by atoms with E-state index in [4.69, 9.17) is 22.1 Å². The molecule has 0 saturated carbocycles. The first-order valence-electron chi connectivity index (χ1n) is 7.49. The summed E-state index contributed by atoms with van der Waals surface area (Å²) in [5, 5.41) is 0.663. The number of hydrogen-bond donors (Lipinski definition) is 1. The van der Waals surface area contributed by atoms with E-state index >= 15 is 0 Å². The first-order valence-corrected chi connectivity index (χ1v) is 7.87. The molecule has 0 aliphatic carbocycles. The second-order valence-electron chi connectivity index (χ2n) is 5.36. The molecule has 0 aliphatic heterocycles. The molecule has 0 bridgehead atoms. The van der Waals surface area contributed by atoms with Crippen molar-refractivity contribution in [3.8, 4) is 5.75 Å². The van der Waals surface area contributed by atoms with Gasteiger partial charge in [0.15, 0.2) is 0 Å². The predicted molar refractivity (Wildman–Crippen MR) is 92.7 cm³/mol. The molecule has 0 radical (unpaired) electrons. The van der Waals surface area contributed by atoms with Crippen molar-refractivity contribution in [2.75, 3.05) is 20.2 Å². The number of nitrogens with zero attached hydrogens (tertiary/aromatic N) is 1. The van der Waals surface area contributed by atoms with Crippen molar-refractivity contribution in [2.24, 2.45) is 5.73 Å². The van der Waals surface area contributed by atoms with Crippen LogP contribution in [0.25, 0.3) is 0 Å². The van der Waals surface area contributed by atoms with Crippen molar-refractivity contribution in [3.63, 3.8) is 0 Å². The van der Waals surface area contributed by atoms with Gasteiger partial charge < -0.3 is 15.4 Å². The normalized spacial score (nSPS) is 11.8. The third-order valence-corrected chi connectivity index (χ3v) is 3.75. The van der Waals surface area contributed by atoms with E-state index in [0.717, 1.165) is 11.3 Å². The minimum Gasteiger partial charge on any atom is -0.492 e. The molecule has 5 heteroatoms. The van der Waals surface area contributed by atoms with Crippen LogP contribution in [0.4, 0.5) is 0 Å². The molecule has 0 aromatic heterocycles. The minimum atomic E-state index is -0.544. The zero-order chi connectivity index (χ0) is 16.7. The van der Waals surface area contributed by atoms with Crippen molar-refractivity contribution in [1.82, 2.24) is 4.90 Å². The quantitative estimate of drug-likeness (QED) is 0.848. The lowest BCUT2D eigenvalue weighted by atomic mass is 10.1. The lowest BCUT2D eigenvalue weighted by Crippen LogP contribution is -2.44. The fourth-order valence-corrected chi connectivity index (χ4v) is 2.31. The number of ether oxygens (including phenoxy) is 1. The smallest absolute Gasteiger partial charge is 0.239 e. The summed E-state index contributed by atoms with van der Waals surface area (Å²) in [5.41, 5.74) is 7.06. The maximum absolute atomic E-state index is 12.3. The molecule has 2 N–H and O–H groups in total. The molecule has 0 fully saturated rings. The Labute approximate surface area is 141 Å². The van der Waals surface area contributed by atoms with Gasteiger partial charge in [0.1, 0.15) is 12.4 Å². The third kappa shape index (κ3) is 5.58. The average molecular weight is 333 g/mol. The summed E-state index contributed by atoms with van der Waals surface area (Å²) in [6.45, 7) is 0.881. The molecule has 0 saturated heterocycles.